The predicted octanol–water partition coefficient (Wildman–Crippen LogP) is 8.35. The minimum absolute atomic E-state index is 0.0234. The van der Waals surface area contributed by atoms with E-state index < -0.39 is 5.92 Å². The zero-order chi connectivity index (χ0) is 33.5. The van der Waals surface area contributed by atoms with Crippen molar-refractivity contribution in [2.75, 3.05) is 18.4 Å². The second-order valence-corrected chi connectivity index (χ2v) is 12.3. The van der Waals surface area contributed by atoms with Crippen molar-refractivity contribution in [1.29, 1.82) is 0 Å². The molecule has 2 N–H and O–H groups in total. The van der Waals surface area contributed by atoms with Crippen molar-refractivity contribution in [3.63, 3.8) is 0 Å². The molecule has 2 amide bonds. The molecular formula is C40H38F2N4O2. The van der Waals surface area contributed by atoms with Crippen molar-refractivity contribution in [2.45, 2.75) is 44.2 Å². The Morgan fingerprint density at radius 2 is 1.54 bits per heavy atom. The fourth-order valence-electron chi connectivity index (χ4n) is 6.36. The van der Waals surface area contributed by atoms with Crippen molar-refractivity contribution in [3.05, 3.63) is 155 Å². The van der Waals surface area contributed by atoms with E-state index in [0.29, 0.717) is 34.8 Å². The Kier molecular flexibility index (Phi) is 10.0. The van der Waals surface area contributed by atoms with Crippen molar-refractivity contribution < 1.29 is 18.4 Å². The third-order valence-electron chi connectivity index (χ3n) is 8.96. The summed E-state index contributed by atoms with van der Waals surface area (Å²) in [4.78, 5) is 33.3. The Labute approximate surface area is 279 Å². The average molecular weight is 645 g/mol. The summed E-state index contributed by atoms with van der Waals surface area (Å²) in [7, 11) is 0. The van der Waals surface area contributed by atoms with Crippen LogP contribution in [0.2, 0.25) is 0 Å². The number of hydrogen-bond acceptors (Lipinski definition) is 4. The van der Waals surface area contributed by atoms with Crippen LogP contribution < -0.4 is 10.6 Å². The van der Waals surface area contributed by atoms with Gasteiger partial charge in [-0.1, -0.05) is 91.0 Å². The quantitative estimate of drug-likeness (QED) is 0.160. The highest BCUT2D eigenvalue weighted by atomic mass is 19.3. The van der Waals surface area contributed by atoms with Gasteiger partial charge in [0, 0.05) is 42.7 Å². The number of amides is 2. The van der Waals surface area contributed by atoms with E-state index in [4.69, 9.17) is 0 Å². The number of halogens is 2. The second kappa shape index (κ2) is 14.7. The van der Waals surface area contributed by atoms with Crippen LogP contribution in [0.3, 0.4) is 0 Å². The number of likely N-dealkylation sites (tertiary alicyclic amines) is 1. The van der Waals surface area contributed by atoms with Gasteiger partial charge in [0.25, 0.3) is 11.8 Å². The van der Waals surface area contributed by atoms with Gasteiger partial charge in [-0.05, 0) is 83.9 Å². The van der Waals surface area contributed by atoms with Gasteiger partial charge in [-0.3, -0.25) is 19.5 Å². The normalized spacial score (nSPS) is 14.6. The molecule has 1 unspecified atom stereocenters. The first-order valence-electron chi connectivity index (χ1n) is 16.2. The Balaban J connectivity index is 1.08. The molecule has 8 heteroatoms. The van der Waals surface area contributed by atoms with Crippen molar-refractivity contribution in [3.8, 4) is 11.1 Å². The number of rotatable bonds is 10. The molecule has 0 radical (unpaired) electrons. The van der Waals surface area contributed by atoms with Gasteiger partial charge < -0.3 is 10.6 Å². The number of alkyl halides is 2. The number of carbonyl (C=O) groups is 2. The van der Waals surface area contributed by atoms with Crippen LogP contribution in [-0.2, 0) is 17.3 Å². The monoisotopic (exact) mass is 644 g/mol. The van der Waals surface area contributed by atoms with Crippen molar-refractivity contribution >= 4 is 17.5 Å². The lowest BCUT2D eigenvalue weighted by Crippen LogP contribution is -2.43. The summed E-state index contributed by atoms with van der Waals surface area (Å²) >= 11 is 0. The van der Waals surface area contributed by atoms with E-state index >= 15 is 0 Å². The summed E-state index contributed by atoms with van der Waals surface area (Å²) in [5.74, 6) is -2.89. The Morgan fingerprint density at radius 1 is 0.854 bits per heavy atom. The second-order valence-electron chi connectivity index (χ2n) is 12.3. The van der Waals surface area contributed by atoms with E-state index in [1.807, 2.05) is 66.7 Å². The smallest absolute Gasteiger partial charge is 0.270 e. The van der Waals surface area contributed by atoms with Crippen LogP contribution in [0.1, 0.15) is 64.3 Å². The van der Waals surface area contributed by atoms with E-state index in [-0.39, 0.29) is 23.4 Å². The third-order valence-corrected chi connectivity index (χ3v) is 8.96. The summed E-state index contributed by atoms with van der Waals surface area (Å²) in [6, 6.07) is 34.5. The lowest BCUT2D eigenvalue weighted by molar-refractivity contribution is -0.127. The molecule has 5 aromatic rings. The minimum atomic E-state index is -2.93. The molecule has 1 saturated heterocycles. The van der Waals surface area contributed by atoms with Gasteiger partial charge in [-0.2, -0.15) is 0 Å². The van der Waals surface area contributed by atoms with E-state index in [2.05, 4.69) is 32.7 Å². The van der Waals surface area contributed by atoms with Gasteiger partial charge in [0.1, 0.15) is 6.04 Å². The molecule has 0 spiro atoms. The molecule has 1 aliphatic rings. The van der Waals surface area contributed by atoms with Gasteiger partial charge in [-0.25, -0.2) is 8.78 Å². The molecule has 6 nitrogen and oxygen atoms in total. The van der Waals surface area contributed by atoms with Gasteiger partial charge in [0.15, 0.2) is 0 Å². The molecule has 244 valence electrons. The molecule has 48 heavy (non-hydrogen) atoms. The molecule has 1 fully saturated rings. The summed E-state index contributed by atoms with van der Waals surface area (Å²) in [5.41, 5.74) is 5.54. The highest BCUT2D eigenvalue weighted by molar-refractivity contribution is 6.08. The summed E-state index contributed by atoms with van der Waals surface area (Å²) < 4.78 is 27.4. The molecule has 4 aromatic carbocycles. The number of aromatic nitrogens is 1. The predicted molar refractivity (Wildman–Crippen MR) is 185 cm³/mol. The minimum Gasteiger partial charge on any atom is -0.350 e. The SMILES string of the molecule is CC(F)(F)c1ccc(-c2ccccc2C(=O)Nc2ccc(C3CCN(C(C(=O)NCc4cccnc4)c4ccccc4)CC3)cc2)cc1. The van der Waals surface area contributed by atoms with E-state index in [1.165, 1.54) is 17.7 Å². The zero-order valence-electron chi connectivity index (χ0n) is 26.8. The van der Waals surface area contributed by atoms with E-state index in [9.17, 15) is 18.4 Å². The molecule has 1 atom stereocenters. The van der Waals surface area contributed by atoms with Crippen molar-refractivity contribution in [1.82, 2.24) is 15.2 Å². The van der Waals surface area contributed by atoms with Crippen LogP contribution in [0.4, 0.5) is 14.5 Å². The maximum Gasteiger partial charge on any atom is 0.270 e. The van der Waals surface area contributed by atoms with E-state index in [1.54, 1.807) is 36.7 Å². The summed E-state index contributed by atoms with van der Waals surface area (Å²) in [5, 5.41) is 6.10. The number of pyridine rings is 1. The fraction of sp³-hybridized carbons (Fsp3) is 0.225. The standard InChI is InChI=1S/C40H38F2N4O2/c1-40(41,42)33-17-13-31(14-18-33)35-11-5-6-12-36(35)38(47)45-34-19-15-29(16-20-34)30-21-24-46(25-22-30)37(32-9-3-2-4-10-32)39(48)44-27-28-8-7-23-43-26-28/h2-20,23,26,30,37H,21-22,24-25,27H2,1H3,(H,44,48)(H,45,47). The van der Waals surface area contributed by atoms with Crippen molar-refractivity contribution in [2.24, 2.45) is 0 Å². The zero-order valence-corrected chi connectivity index (χ0v) is 26.8. The first kappa shape index (κ1) is 32.7. The average Bonchev–Trinajstić information content (AvgIpc) is 3.12. The number of hydrogen-bond donors (Lipinski definition) is 2. The first-order valence-corrected chi connectivity index (χ1v) is 16.2. The molecule has 1 aromatic heterocycles. The van der Waals surface area contributed by atoms with Crippen LogP contribution in [0.5, 0.6) is 0 Å². The van der Waals surface area contributed by atoms with Crippen LogP contribution >= 0.6 is 0 Å². The van der Waals surface area contributed by atoms with Crippen LogP contribution in [0.25, 0.3) is 11.1 Å². The maximum atomic E-state index is 13.7. The van der Waals surface area contributed by atoms with Crippen LogP contribution in [-0.4, -0.2) is 34.8 Å². The third kappa shape index (κ3) is 7.83. The molecule has 6 rings (SSSR count). The number of nitrogens with one attached hydrogen (secondary N) is 2. The first-order chi connectivity index (χ1) is 23.3. The van der Waals surface area contributed by atoms with Crippen LogP contribution in [0.15, 0.2) is 128 Å². The molecule has 0 saturated carbocycles. The molecule has 2 heterocycles. The highest BCUT2D eigenvalue weighted by Crippen LogP contribution is 2.34. The van der Waals surface area contributed by atoms with Gasteiger partial charge in [0.05, 0.1) is 0 Å². The van der Waals surface area contributed by atoms with Crippen LogP contribution in [0, 0.1) is 0 Å². The summed E-state index contributed by atoms with van der Waals surface area (Å²) in [6.07, 6.45) is 5.29. The lowest BCUT2D eigenvalue weighted by atomic mass is 9.88. The highest BCUT2D eigenvalue weighted by Gasteiger charge is 2.31. The number of anilines is 1. The number of nitrogens with zero attached hydrogens (tertiary/aromatic N) is 2. The number of piperidine rings is 1. The molecule has 1 aliphatic heterocycles. The molecule has 0 bridgehead atoms. The fourth-order valence-corrected chi connectivity index (χ4v) is 6.36. The summed E-state index contributed by atoms with van der Waals surface area (Å²) in [6.45, 7) is 2.84. The topological polar surface area (TPSA) is 74.3 Å². The Morgan fingerprint density at radius 3 is 2.21 bits per heavy atom. The van der Waals surface area contributed by atoms with Gasteiger partial charge >= 0.3 is 0 Å². The maximum absolute atomic E-state index is 13.7. The molecule has 0 aliphatic carbocycles. The molecular weight excluding hydrogens is 606 g/mol. The van der Waals surface area contributed by atoms with Gasteiger partial charge in [0.2, 0.25) is 5.91 Å². The number of benzene rings is 4. The Hall–Kier alpha value is -5.21. The lowest BCUT2D eigenvalue weighted by Gasteiger charge is -2.37. The van der Waals surface area contributed by atoms with E-state index in [0.717, 1.165) is 44.0 Å². The number of carbonyl (C=O) groups excluding carboxylic acids is 2. The largest absolute Gasteiger partial charge is 0.350 e. The Bertz CT molecular complexity index is 1820. The van der Waals surface area contributed by atoms with Gasteiger partial charge in [-0.15, -0.1) is 0 Å².